The molecule has 2 aromatic heterocycles. The van der Waals surface area contributed by atoms with Crippen molar-refractivity contribution in [2.24, 2.45) is 5.41 Å². The fraction of sp³-hybridized carbons (Fsp3) is 0.591. The molecule has 2 aromatic rings. The molecule has 0 bridgehead atoms. The lowest BCUT2D eigenvalue weighted by atomic mass is 9.67. The van der Waals surface area contributed by atoms with Gasteiger partial charge in [-0.05, 0) is 70.9 Å². The summed E-state index contributed by atoms with van der Waals surface area (Å²) in [7, 11) is 2.15. The van der Waals surface area contributed by atoms with Gasteiger partial charge in [-0.3, -0.25) is 14.7 Å². The maximum Gasteiger partial charge on any atom is 0.228 e. The van der Waals surface area contributed by atoms with Crippen LogP contribution in [0.4, 0.5) is 0 Å². The van der Waals surface area contributed by atoms with Gasteiger partial charge in [0.2, 0.25) is 5.91 Å². The molecule has 0 aliphatic carbocycles. The van der Waals surface area contributed by atoms with Crippen LogP contribution in [0.5, 0.6) is 0 Å². The Morgan fingerprint density at radius 1 is 1.28 bits per heavy atom. The van der Waals surface area contributed by atoms with Crippen LogP contribution < -0.4 is 5.32 Å². The zero-order valence-electron chi connectivity index (χ0n) is 17.6. The van der Waals surface area contributed by atoms with E-state index >= 15 is 0 Å². The molecule has 2 saturated heterocycles. The van der Waals surface area contributed by atoms with Gasteiger partial charge >= 0.3 is 0 Å². The molecular weight excluding hydrogens is 366 g/mol. The third-order valence-electron chi connectivity index (χ3n) is 6.77. The van der Waals surface area contributed by atoms with E-state index < -0.39 is 0 Å². The summed E-state index contributed by atoms with van der Waals surface area (Å²) in [5, 5.41) is 7.35. The lowest BCUT2D eigenvalue weighted by molar-refractivity contribution is -0.145. The second-order valence-corrected chi connectivity index (χ2v) is 8.60. The van der Waals surface area contributed by atoms with Crippen molar-refractivity contribution < 1.29 is 9.32 Å². The number of nitrogens with zero attached hydrogens (tertiary/aromatic N) is 4. The number of nitrogens with one attached hydrogen (secondary N) is 1. The molecule has 4 rings (SSSR count). The summed E-state index contributed by atoms with van der Waals surface area (Å²) in [5.74, 6) is 1.07. The van der Waals surface area contributed by atoms with Crippen LogP contribution in [0.3, 0.4) is 0 Å². The molecule has 2 fully saturated rings. The molecule has 0 spiro atoms. The highest BCUT2D eigenvalue weighted by Gasteiger charge is 2.52. The van der Waals surface area contributed by atoms with Gasteiger partial charge in [0.1, 0.15) is 5.76 Å². The van der Waals surface area contributed by atoms with Gasteiger partial charge in [-0.25, -0.2) is 0 Å². The summed E-state index contributed by atoms with van der Waals surface area (Å²) >= 11 is 0. The molecule has 4 heterocycles. The molecule has 0 unspecified atom stereocenters. The number of carbonyl (C=O) groups is 1. The fourth-order valence-corrected chi connectivity index (χ4v) is 4.99. The van der Waals surface area contributed by atoms with Gasteiger partial charge in [0.25, 0.3) is 0 Å². The molecule has 29 heavy (non-hydrogen) atoms. The predicted octanol–water partition coefficient (Wildman–Crippen LogP) is 2.29. The summed E-state index contributed by atoms with van der Waals surface area (Å²) in [6, 6.07) is 4.10. The molecule has 0 radical (unpaired) electrons. The molecule has 7 heteroatoms. The number of rotatable bonds is 5. The molecular formula is C22H31N5O2. The summed E-state index contributed by atoms with van der Waals surface area (Å²) < 4.78 is 5.38. The number of aryl methyl sites for hydroxylation is 2. The van der Waals surface area contributed by atoms with E-state index in [9.17, 15) is 4.79 Å². The van der Waals surface area contributed by atoms with Gasteiger partial charge in [-0.2, -0.15) is 0 Å². The summed E-state index contributed by atoms with van der Waals surface area (Å²) in [5.41, 5.74) is 2.85. The average molecular weight is 398 g/mol. The van der Waals surface area contributed by atoms with Crippen LogP contribution in [0.15, 0.2) is 29.0 Å². The lowest BCUT2D eigenvalue weighted by Gasteiger charge is -2.53. The number of amides is 1. The van der Waals surface area contributed by atoms with Crippen molar-refractivity contribution in [2.45, 2.75) is 52.2 Å². The van der Waals surface area contributed by atoms with E-state index in [1.165, 1.54) is 0 Å². The van der Waals surface area contributed by atoms with Gasteiger partial charge in [-0.15, -0.1) is 0 Å². The fourth-order valence-electron chi connectivity index (χ4n) is 4.99. The van der Waals surface area contributed by atoms with E-state index in [0.717, 1.165) is 68.0 Å². The number of piperidine rings is 2. The average Bonchev–Trinajstić information content (AvgIpc) is 3.05. The number of likely N-dealkylation sites (N-methyl/N-ethyl adjacent to an activating group) is 1. The van der Waals surface area contributed by atoms with Gasteiger partial charge in [-0.1, -0.05) is 5.16 Å². The lowest BCUT2D eigenvalue weighted by Crippen LogP contribution is -2.65. The van der Waals surface area contributed by atoms with Crippen molar-refractivity contribution in [3.05, 3.63) is 47.1 Å². The van der Waals surface area contributed by atoms with E-state index in [0.29, 0.717) is 6.54 Å². The zero-order valence-corrected chi connectivity index (χ0v) is 17.6. The van der Waals surface area contributed by atoms with Crippen molar-refractivity contribution in [1.29, 1.82) is 0 Å². The van der Waals surface area contributed by atoms with E-state index in [1.54, 1.807) is 12.4 Å². The number of pyridine rings is 1. The van der Waals surface area contributed by atoms with E-state index in [1.807, 2.05) is 26.0 Å². The van der Waals surface area contributed by atoms with Crippen molar-refractivity contribution in [3.8, 4) is 0 Å². The first-order chi connectivity index (χ1) is 14.0. The monoisotopic (exact) mass is 397 g/mol. The highest BCUT2D eigenvalue weighted by Crippen LogP contribution is 2.43. The van der Waals surface area contributed by atoms with Crippen LogP contribution in [0.1, 0.15) is 41.8 Å². The molecule has 156 valence electrons. The third kappa shape index (κ3) is 3.94. The first-order valence-electron chi connectivity index (χ1n) is 10.5. The first-order valence-corrected chi connectivity index (χ1v) is 10.5. The maximum absolute atomic E-state index is 13.5. The Kier molecular flexibility index (Phi) is 5.69. The molecule has 0 aromatic carbocycles. The Morgan fingerprint density at radius 3 is 2.79 bits per heavy atom. The SMILES string of the molecule is Cc1noc(C)c1CN1CCC[C@@]2(C(=O)NCc3ccncc3)CCN(C)C[C@H]12. The number of hydrogen-bond donors (Lipinski definition) is 1. The Morgan fingerprint density at radius 2 is 2.07 bits per heavy atom. The second-order valence-electron chi connectivity index (χ2n) is 8.60. The number of hydrogen-bond acceptors (Lipinski definition) is 6. The Labute approximate surface area is 172 Å². The van der Waals surface area contributed by atoms with Crippen LogP contribution in [0.25, 0.3) is 0 Å². The maximum atomic E-state index is 13.5. The Bertz CT molecular complexity index is 833. The van der Waals surface area contributed by atoms with Crippen LogP contribution in [-0.4, -0.2) is 58.6 Å². The number of likely N-dealkylation sites (tertiary alicyclic amines) is 2. The third-order valence-corrected chi connectivity index (χ3v) is 6.77. The number of aromatic nitrogens is 2. The van der Waals surface area contributed by atoms with Gasteiger partial charge < -0.3 is 14.7 Å². The minimum absolute atomic E-state index is 0.191. The highest BCUT2D eigenvalue weighted by atomic mass is 16.5. The summed E-state index contributed by atoms with van der Waals surface area (Å²) in [6.07, 6.45) is 6.42. The topological polar surface area (TPSA) is 74.5 Å². The molecule has 1 N–H and O–H groups in total. The number of carbonyl (C=O) groups excluding carboxylic acids is 1. The summed E-state index contributed by atoms with van der Waals surface area (Å²) in [4.78, 5) is 22.4. The van der Waals surface area contributed by atoms with E-state index in [4.69, 9.17) is 4.52 Å². The first kappa shape index (κ1) is 20.0. The van der Waals surface area contributed by atoms with Gasteiger partial charge in [0.15, 0.2) is 0 Å². The van der Waals surface area contributed by atoms with Crippen molar-refractivity contribution in [3.63, 3.8) is 0 Å². The molecule has 2 aliphatic rings. The quantitative estimate of drug-likeness (QED) is 0.834. The highest BCUT2D eigenvalue weighted by molar-refractivity contribution is 5.84. The molecule has 2 atom stereocenters. The summed E-state index contributed by atoms with van der Waals surface area (Å²) in [6.45, 7) is 8.18. The largest absolute Gasteiger partial charge is 0.361 e. The van der Waals surface area contributed by atoms with Crippen LogP contribution in [-0.2, 0) is 17.9 Å². The Hall–Kier alpha value is -2.25. The zero-order chi connectivity index (χ0) is 20.4. The number of fused-ring (bicyclic) bond motifs is 1. The minimum Gasteiger partial charge on any atom is -0.361 e. The molecule has 7 nitrogen and oxygen atoms in total. The van der Waals surface area contributed by atoms with Crippen LogP contribution in [0, 0.1) is 19.3 Å². The van der Waals surface area contributed by atoms with Gasteiger partial charge in [0.05, 0.1) is 11.1 Å². The van der Waals surface area contributed by atoms with Crippen LogP contribution >= 0.6 is 0 Å². The van der Waals surface area contributed by atoms with Crippen LogP contribution in [0.2, 0.25) is 0 Å². The smallest absolute Gasteiger partial charge is 0.228 e. The van der Waals surface area contributed by atoms with Crippen molar-refractivity contribution >= 4 is 5.91 Å². The molecule has 1 amide bonds. The van der Waals surface area contributed by atoms with Gasteiger partial charge in [0, 0.05) is 43.6 Å². The normalized spacial score (nSPS) is 25.6. The predicted molar refractivity (Wildman–Crippen MR) is 110 cm³/mol. The van der Waals surface area contributed by atoms with Crippen molar-refractivity contribution in [1.82, 2.24) is 25.3 Å². The second kappa shape index (κ2) is 8.24. The Balaban J connectivity index is 1.55. The molecule has 2 aliphatic heterocycles. The van der Waals surface area contributed by atoms with E-state index in [-0.39, 0.29) is 17.4 Å². The van der Waals surface area contributed by atoms with E-state index in [2.05, 4.69) is 32.3 Å². The minimum atomic E-state index is -0.337. The van der Waals surface area contributed by atoms with Crippen molar-refractivity contribution in [2.75, 3.05) is 26.7 Å². The molecule has 0 saturated carbocycles. The standard InChI is InChI=1S/C22H31N5O2/c1-16-19(17(2)29-25-16)14-27-11-4-7-22(8-12-26(3)15-20(22)27)21(28)24-13-18-5-9-23-10-6-18/h5-6,9-10,20H,4,7-8,11-15H2,1-3H3,(H,24,28)/t20-,22+/m0/s1.